The number of nitrogens with zero attached hydrogens (tertiary/aromatic N) is 5. The summed E-state index contributed by atoms with van der Waals surface area (Å²) < 4.78 is 44.2. The lowest BCUT2D eigenvalue weighted by molar-refractivity contribution is -0.137. The van der Waals surface area contributed by atoms with E-state index in [2.05, 4.69) is 15.5 Å². The van der Waals surface area contributed by atoms with E-state index in [0.717, 1.165) is 22.9 Å². The topological polar surface area (TPSA) is 89.9 Å². The molecule has 3 aromatic heterocycles. The maximum atomic E-state index is 13.0. The number of aryl methyl sites for hydroxylation is 2. The number of fused-ring (bicyclic) bond motifs is 3. The van der Waals surface area contributed by atoms with Gasteiger partial charge in [-0.15, -0.1) is 0 Å². The number of hydrogen-bond donors (Lipinski definition) is 2. The molecule has 0 spiro atoms. The highest BCUT2D eigenvalue weighted by Crippen LogP contribution is 2.34. The number of aliphatic hydroxyl groups is 1. The highest BCUT2D eigenvalue weighted by Gasteiger charge is 2.30. The number of aliphatic hydroxyl groups excluding tert-OH is 1. The fraction of sp³-hybridized carbons (Fsp3) is 0.240. The van der Waals surface area contributed by atoms with Crippen LogP contribution in [0.4, 0.5) is 13.2 Å². The molecule has 8 nitrogen and oxygen atoms in total. The van der Waals surface area contributed by atoms with Gasteiger partial charge >= 0.3 is 6.18 Å². The molecule has 5 aromatic rings. The molecule has 0 fully saturated rings. The Hall–Kier alpha value is -4.12. The number of amides is 1. The Balaban J connectivity index is 1.46. The number of carbonyl (C=O) groups is 1. The first-order chi connectivity index (χ1) is 17.2. The van der Waals surface area contributed by atoms with E-state index in [9.17, 15) is 23.1 Å². The first-order valence-corrected chi connectivity index (χ1v) is 11.3. The van der Waals surface area contributed by atoms with Gasteiger partial charge in [0.05, 0.1) is 23.4 Å². The molecule has 0 bridgehead atoms. The smallest absolute Gasteiger partial charge is 0.386 e. The Morgan fingerprint density at radius 2 is 1.86 bits per heavy atom. The van der Waals surface area contributed by atoms with Crippen LogP contribution in [0.25, 0.3) is 27.6 Å². The van der Waals surface area contributed by atoms with Crippen molar-refractivity contribution in [2.75, 3.05) is 6.54 Å². The van der Waals surface area contributed by atoms with Crippen molar-refractivity contribution in [2.24, 2.45) is 7.05 Å². The second kappa shape index (κ2) is 8.83. The predicted octanol–water partition coefficient (Wildman–Crippen LogP) is 4.22. The molecule has 0 saturated carbocycles. The van der Waals surface area contributed by atoms with Gasteiger partial charge in [0.15, 0.2) is 5.65 Å². The van der Waals surface area contributed by atoms with Gasteiger partial charge in [0.25, 0.3) is 5.91 Å². The number of halogens is 3. The second-order valence-electron chi connectivity index (χ2n) is 8.51. The summed E-state index contributed by atoms with van der Waals surface area (Å²) in [5.74, 6) is -0.363. The zero-order valence-electron chi connectivity index (χ0n) is 19.5. The minimum atomic E-state index is -4.43. The largest absolute Gasteiger partial charge is 0.416 e. The Kier molecular flexibility index (Phi) is 5.79. The zero-order chi connectivity index (χ0) is 25.6. The van der Waals surface area contributed by atoms with Crippen molar-refractivity contribution in [3.63, 3.8) is 0 Å². The van der Waals surface area contributed by atoms with Gasteiger partial charge in [-0.2, -0.15) is 23.4 Å². The molecule has 0 aliphatic rings. The van der Waals surface area contributed by atoms with Crippen LogP contribution < -0.4 is 5.32 Å². The zero-order valence-corrected chi connectivity index (χ0v) is 19.5. The molecule has 5 rings (SSSR count). The fourth-order valence-electron chi connectivity index (χ4n) is 4.23. The first-order valence-electron chi connectivity index (χ1n) is 11.3. The van der Waals surface area contributed by atoms with E-state index in [1.165, 1.54) is 12.1 Å². The summed E-state index contributed by atoms with van der Waals surface area (Å²) in [6, 6.07) is 9.97. The Morgan fingerprint density at radius 1 is 1.11 bits per heavy atom. The molecule has 0 radical (unpaired) electrons. The number of hydrogen-bond acceptors (Lipinski definition) is 4. The van der Waals surface area contributed by atoms with E-state index in [4.69, 9.17) is 0 Å². The van der Waals surface area contributed by atoms with Gasteiger partial charge in [0.2, 0.25) is 0 Å². The van der Waals surface area contributed by atoms with Crippen LogP contribution in [0.1, 0.15) is 34.5 Å². The van der Waals surface area contributed by atoms with Crippen LogP contribution in [0.3, 0.4) is 0 Å². The molecular formula is C25H23F3N6O2. The standard InChI is InChI=1S/C25H23F3N6O2/c1-3-33-13-16(11-30-33)22(35)12-29-24(36)15-4-9-21-19(10-15)20-14-32(2)31-23(20)34(21)18-7-5-17(6-8-18)25(26,27)28/h4-11,13-14,22,35H,3,12H2,1-2H3,(H,29,36). The van der Waals surface area contributed by atoms with Crippen molar-refractivity contribution in [1.29, 1.82) is 0 Å². The lowest BCUT2D eigenvalue weighted by Crippen LogP contribution is -2.28. The van der Waals surface area contributed by atoms with E-state index < -0.39 is 17.8 Å². The quantitative estimate of drug-likeness (QED) is 0.369. The Labute approximate surface area is 203 Å². The van der Waals surface area contributed by atoms with Gasteiger partial charge in [0.1, 0.15) is 0 Å². The Morgan fingerprint density at radius 3 is 2.53 bits per heavy atom. The average Bonchev–Trinajstić information content (AvgIpc) is 3.55. The van der Waals surface area contributed by atoms with E-state index in [-0.39, 0.29) is 12.5 Å². The summed E-state index contributed by atoms with van der Waals surface area (Å²) in [6.45, 7) is 2.63. The third-order valence-electron chi connectivity index (χ3n) is 6.08. The van der Waals surface area contributed by atoms with Crippen LogP contribution in [0.2, 0.25) is 0 Å². The van der Waals surface area contributed by atoms with E-state index in [1.54, 1.807) is 57.8 Å². The molecule has 3 heterocycles. The van der Waals surface area contributed by atoms with Crippen LogP contribution in [-0.2, 0) is 19.8 Å². The summed E-state index contributed by atoms with van der Waals surface area (Å²) in [5, 5.41) is 23.2. The number of rotatable bonds is 6. The maximum absolute atomic E-state index is 13.0. The van der Waals surface area contributed by atoms with Gasteiger partial charge in [0, 0.05) is 60.1 Å². The average molecular weight is 496 g/mol. The van der Waals surface area contributed by atoms with Crippen molar-refractivity contribution in [3.8, 4) is 5.69 Å². The summed E-state index contributed by atoms with van der Waals surface area (Å²) in [7, 11) is 1.75. The molecule has 36 heavy (non-hydrogen) atoms. The highest BCUT2D eigenvalue weighted by atomic mass is 19.4. The third kappa shape index (κ3) is 4.22. The molecule has 2 N–H and O–H groups in total. The Bertz CT molecular complexity index is 1560. The molecule has 186 valence electrons. The SMILES string of the molecule is CCn1cc(C(O)CNC(=O)c2ccc3c(c2)c2cn(C)nc2n3-c2ccc(C(F)(F)F)cc2)cn1. The van der Waals surface area contributed by atoms with Crippen molar-refractivity contribution in [2.45, 2.75) is 25.7 Å². The number of nitrogens with one attached hydrogen (secondary N) is 1. The van der Waals surface area contributed by atoms with Crippen LogP contribution >= 0.6 is 0 Å². The fourth-order valence-corrected chi connectivity index (χ4v) is 4.23. The lowest BCUT2D eigenvalue weighted by atomic mass is 10.1. The second-order valence-corrected chi connectivity index (χ2v) is 8.51. The summed E-state index contributed by atoms with van der Waals surface area (Å²) in [6.07, 6.45) is -0.232. The van der Waals surface area contributed by atoms with Crippen LogP contribution in [-0.4, -0.2) is 41.7 Å². The highest BCUT2D eigenvalue weighted by molar-refractivity contribution is 6.10. The monoisotopic (exact) mass is 496 g/mol. The van der Waals surface area contributed by atoms with Crippen molar-refractivity contribution < 1.29 is 23.1 Å². The summed E-state index contributed by atoms with van der Waals surface area (Å²) in [5.41, 5.74) is 2.05. The molecule has 0 saturated heterocycles. The van der Waals surface area contributed by atoms with Gasteiger partial charge in [-0.3, -0.25) is 18.7 Å². The molecular weight excluding hydrogens is 473 g/mol. The van der Waals surface area contributed by atoms with Crippen molar-refractivity contribution in [1.82, 2.24) is 29.4 Å². The minimum absolute atomic E-state index is 0.0150. The molecule has 0 aliphatic carbocycles. The summed E-state index contributed by atoms with van der Waals surface area (Å²) in [4.78, 5) is 12.9. The molecule has 1 unspecified atom stereocenters. The maximum Gasteiger partial charge on any atom is 0.416 e. The van der Waals surface area contributed by atoms with Crippen LogP contribution in [0.15, 0.2) is 61.1 Å². The molecule has 1 atom stereocenters. The van der Waals surface area contributed by atoms with Crippen molar-refractivity contribution >= 4 is 27.8 Å². The van der Waals surface area contributed by atoms with Gasteiger partial charge in [-0.25, -0.2) is 0 Å². The lowest BCUT2D eigenvalue weighted by Gasteiger charge is -2.11. The molecule has 0 aliphatic heterocycles. The first kappa shape index (κ1) is 23.6. The van der Waals surface area contributed by atoms with E-state index >= 15 is 0 Å². The normalized spacial score (nSPS) is 12.9. The molecule has 1 amide bonds. The number of alkyl halides is 3. The molecule has 11 heteroatoms. The minimum Gasteiger partial charge on any atom is -0.386 e. The van der Waals surface area contributed by atoms with Crippen molar-refractivity contribution in [3.05, 3.63) is 77.7 Å². The van der Waals surface area contributed by atoms with E-state index in [0.29, 0.717) is 34.5 Å². The van der Waals surface area contributed by atoms with Gasteiger partial charge < -0.3 is 10.4 Å². The summed E-state index contributed by atoms with van der Waals surface area (Å²) >= 11 is 0. The predicted molar refractivity (Wildman–Crippen MR) is 128 cm³/mol. The third-order valence-corrected chi connectivity index (χ3v) is 6.08. The van der Waals surface area contributed by atoms with E-state index in [1.807, 2.05) is 6.92 Å². The van der Waals surface area contributed by atoms with Crippen LogP contribution in [0, 0.1) is 0 Å². The number of aromatic nitrogens is 5. The number of benzene rings is 2. The molecule has 2 aromatic carbocycles. The van der Waals surface area contributed by atoms with Gasteiger partial charge in [-0.05, 0) is 49.4 Å². The van der Waals surface area contributed by atoms with Gasteiger partial charge in [-0.1, -0.05) is 0 Å². The number of carbonyl (C=O) groups excluding carboxylic acids is 1. The van der Waals surface area contributed by atoms with Crippen LogP contribution in [0.5, 0.6) is 0 Å².